The predicted octanol–water partition coefficient (Wildman–Crippen LogP) is 1.75. The lowest BCUT2D eigenvalue weighted by Crippen LogP contribution is -2.31. The van der Waals surface area contributed by atoms with Gasteiger partial charge >= 0.3 is 5.97 Å². The Morgan fingerprint density at radius 1 is 1.25 bits per heavy atom. The molecule has 0 bridgehead atoms. The maximum Gasteiger partial charge on any atom is 0.356 e. The number of carboxylic acids is 1. The number of aromatic carboxylic acids is 1. The molecule has 0 radical (unpaired) electrons. The number of nitrogens with zero attached hydrogens (tertiary/aromatic N) is 2. The highest BCUT2D eigenvalue weighted by atomic mass is 16.5. The van der Waals surface area contributed by atoms with Gasteiger partial charge in [0.05, 0.1) is 24.2 Å². The fourth-order valence-electron chi connectivity index (χ4n) is 2.51. The van der Waals surface area contributed by atoms with Crippen LogP contribution in [0.2, 0.25) is 0 Å². The Morgan fingerprint density at radius 2 is 2.04 bits per heavy atom. The molecule has 24 heavy (non-hydrogen) atoms. The Morgan fingerprint density at radius 3 is 2.71 bits per heavy atom. The van der Waals surface area contributed by atoms with E-state index in [1.54, 1.807) is 24.3 Å². The molecule has 2 aromatic rings. The Hall–Kier alpha value is -2.80. The summed E-state index contributed by atoms with van der Waals surface area (Å²) in [4.78, 5) is 31.0. The van der Waals surface area contributed by atoms with E-state index in [4.69, 9.17) is 9.84 Å². The third-order valence-corrected chi connectivity index (χ3v) is 3.81. The first-order chi connectivity index (χ1) is 11.6. The minimum atomic E-state index is -1.13. The summed E-state index contributed by atoms with van der Waals surface area (Å²) in [6.07, 6.45) is 4.78. The molecular formula is C17H17N3O4. The van der Waals surface area contributed by atoms with Crippen LogP contribution in [0.3, 0.4) is 0 Å². The number of hydrogen-bond acceptors (Lipinski definition) is 5. The van der Waals surface area contributed by atoms with Gasteiger partial charge < -0.3 is 15.2 Å². The Bertz CT molecular complexity index is 740. The summed E-state index contributed by atoms with van der Waals surface area (Å²) >= 11 is 0. The molecule has 1 unspecified atom stereocenters. The van der Waals surface area contributed by atoms with Crippen LogP contribution >= 0.6 is 0 Å². The summed E-state index contributed by atoms with van der Waals surface area (Å²) in [5.41, 5.74) is 1.55. The van der Waals surface area contributed by atoms with Gasteiger partial charge in [0.2, 0.25) is 0 Å². The highest BCUT2D eigenvalue weighted by Gasteiger charge is 2.16. The van der Waals surface area contributed by atoms with Crippen LogP contribution in [0.4, 0.5) is 0 Å². The van der Waals surface area contributed by atoms with Crippen LogP contribution in [0, 0.1) is 0 Å². The fraction of sp³-hybridized carbons (Fsp3) is 0.294. The summed E-state index contributed by atoms with van der Waals surface area (Å²) in [6, 6.07) is 6.79. The number of carboxylic acid groups (broad SMARTS) is 1. The van der Waals surface area contributed by atoms with E-state index in [1.807, 2.05) is 0 Å². The topological polar surface area (TPSA) is 101 Å². The zero-order valence-electron chi connectivity index (χ0n) is 12.9. The number of amides is 1. The molecular weight excluding hydrogens is 310 g/mol. The van der Waals surface area contributed by atoms with Crippen molar-refractivity contribution >= 4 is 11.9 Å². The van der Waals surface area contributed by atoms with Gasteiger partial charge in [-0.05, 0) is 25.0 Å². The molecule has 1 fully saturated rings. The van der Waals surface area contributed by atoms with Crippen molar-refractivity contribution < 1.29 is 19.4 Å². The molecule has 1 aromatic carbocycles. The van der Waals surface area contributed by atoms with Crippen LogP contribution in [0.15, 0.2) is 36.7 Å². The standard InChI is InChI=1S/C17H17N3O4/c21-16(19-8-13-2-1-7-24-13)12-5-3-11(4-6-12)14-9-18-10-15(20-14)17(22)23/h3-6,9-10,13H,1-2,7-8H2,(H,19,21)(H,22,23). The Kier molecular flexibility index (Phi) is 4.81. The van der Waals surface area contributed by atoms with Gasteiger partial charge in [0, 0.05) is 24.3 Å². The van der Waals surface area contributed by atoms with Crippen LogP contribution in [0.5, 0.6) is 0 Å². The van der Waals surface area contributed by atoms with Crippen molar-refractivity contribution in [3.8, 4) is 11.3 Å². The van der Waals surface area contributed by atoms with Crippen molar-refractivity contribution in [1.29, 1.82) is 0 Å². The van der Waals surface area contributed by atoms with E-state index in [0.29, 0.717) is 23.4 Å². The summed E-state index contributed by atoms with van der Waals surface area (Å²) in [5, 5.41) is 11.8. The molecule has 1 atom stereocenters. The predicted molar refractivity (Wildman–Crippen MR) is 85.7 cm³/mol. The summed E-state index contributed by atoms with van der Waals surface area (Å²) in [7, 11) is 0. The van der Waals surface area contributed by atoms with Gasteiger partial charge in [-0.15, -0.1) is 0 Å². The van der Waals surface area contributed by atoms with Crippen molar-refractivity contribution in [3.63, 3.8) is 0 Å². The SMILES string of the molecule is O=C(NCC1CCCO1)c1ccc(-c2cncc(C(=O)O)n2)cc1. The normalized spacial score (nSPS) is 16.8. The second-order valence-corrected chi connectivity index (χ2v) is 5.52. The van der Waals surface area contributed by atoms with Gasteiger partial charge in [-0.1, -0.05) is 12.1 Å². The van der Waals surface area contributed by atoms with E-state index < -0.39 is 5.97 Å². The van der Waals surface area contributed by atoms with Gasteiger partial charge in [-0.2, -0.15) is 0 Å². The van der Waals surface area contributed by atoms with Crippen LogP contribution in [-0.2, 0) is 4.74 Å². The Balaban J connectivity index is 1.67. The minimum Gasteiger partial charge on any atom is -0.476 e. The van der Waals surface area contributed by atoms with Gasteiger partial charge in [-0.25, -0.2) is 9.78 Å². The number of rotatable bonds is 5. The quantitative estimate of drug-likeness (QED) is 0.867. The van der Waals surface area contributed by atoms with Crippen molar-refractivity contribution in [3.05, 3.63) is 47.9 Å². The molecule has 1 amide bonds. The van der Waals surface area contributed by atoms with Crippen molar-refractivity contribution in [2.45, 2.75) is 18.9 Å². The summed E-state index contributed by atoms with van der Waals surface area (Å²) < 4.78 is 5.47. The average molecular weight is 327 g/mol. The van der Waals surface area contributed by atoms with E-state index >= 15 is 0 Å². The molecule has 7 nitrogen and oxygen atoms in total. The van der Waals surface area contributed by atoms with E-state index in [-0.39, 0.29) is 17.7 Å². The maximum absolute atomic E-state index is 12.1. The maximum atomic E-state index is 12.1. The van der Waals surface area contributed by atoms with Gasteiger partial charge in [0.1, 0.15) is 0 Å². The van der Waals surface area contributed by atoms with Crippen LogP contribution in [0.25, 0.3) is 11.3 Å². The smallest absolute Gasteiger partial charge is 0.356 e. The van der Waals surface area contributed by atoms with Gasteiger partial charge in [0.25, 0.3) is 5.91 Å². The van der Waals surface area contributed by atoms with Crippen LogP contribution < -0.4 is 5.32 Å². The minimum absolute atomic E-state index is 0.0993. The van der Waals surface area contributed by atoms with E-state index in [2.05, 4.69) is 15.3 Å². The number of carbonyl (C=O) groups excluding carboxylic acids is 1. The number of carbonyl (C=O) groups is 2. The first-order valence-corrected chi connectivity index (χ1v) is 7.69. The Labute approximate surface area is 138 Å². The molecule has 1 aliphatic rings. The first-order valence-electron chi connectivity index (χ1n) is 7.69. The molecule has 3 rings (SSSR count). The fourth-order valence-corrected chi connectivity index (χ4v) is 2.51. The lowest BCUT2D eigenvalue weighted by molar-refractivity contribution is 0.0690. The monoisotopic (exact) mass is 327 g/mol. The average Bonchev–Trinajstić information content (AvgIpc) is 3.13. The zero-order valence-corrected chi connectivity index (χ0v) is 12.9. The van der Waals surface area contributed by atoms with Gasteiger partial charge in [0.15, 0.2) is 5.69 Å². The lowest BCUT2D eigenvalue weighted by atomic mass is 10.1. The number of aromatic nitrogens is 2. The third kappa shape index (κ3) is 3.75. The van der Waals surface area contributed by atoms with E-state index in [9.17, 15) is 9.59 Å². The molecule has 1 aliphatic heterocycles. The first kappa shape index (κ1) is 16.1. The van der Waals surface area contributed by atoms with Gasteiger partial charge in [-0.3, -0.25) is 9.78 Å². The molecule has 0 aliphatic carbocycles. The highest BCUT2D eigenvalue weighted by Crippen LogP contribution is 2.17. The van der Waals surface area contributed by atoms with Crippen molar-refractivity contribution in [1.82, 2.24) is 15.3 Å². The number of nitrogens with one attached hydrogen (secondary N) is 1. The number of benzene rings is 1. The van der Waals surface area contributed by atoms with Crippen molar-refractivity contribution in [2.75, 3.05) is 13.2 Å². The number of ether oxygens (including phenoxy) is 1. The molecule has 124 valence electrons. The molecule has 1 aromatic heterocycles. The highest BCUT2D eigenvalue weighted by molar-refractivity contribution is 5.94. The van der Waals surface area contributed by atoms with Crippen molar-refractivity contribution in [2.24, 2.45) is 0 Å². The summed E-state index contributed by atoms with van der Waals surface area (Å²) in [6.45, 7) is 1.26. The van der Waals surface area contributed by atoms with E-state index in [1.165, 1.54) is 12.4 Å². The van der Waals surface area contributed by atoms with Crippen LogP contribution in [0.1, 0.15) is 33.7 Å². The van der Waals surface area contributed by atoms with E-state index in [0.717, 1.165) is 19.4 Å². The molecule has 2 N–H and O–H groups in total. The number of hydrogen-bond donors (Lipinski definition) is 2. The van der Waals surface area contributed by atoms with Crippen LogP contribution in [-0.4, -0.2) is 46.2 Å². The lowest BCUT2D eigenvalue weighted by Gasteiger charge is -2.11. The largest absolute Gasteiger partial charge is 0.476 e. The second kappa shape index (κ2) is 7.18. The molecule has 0 saturated carbocycles. The summed E-state index contributed by atoms with van der Waals surface area (Å²) in [5.74, 6) is -1.29. The third-order valence-electron chi connectivity index (χ3n) is 3.81. The zero-order chi connectivity index (χ0) is 16.9. The molecule has 2 heterocycles. The molecule has 7 heteroatoms. The molecule has 1 saturated heterocycles. The molecule has 0 spiro atoms. The second-order valence-electron chi connectivity index (χ2n) is 5.52.